The van der Waals surface area contributed by atoms with Gasteiger partial charge in [-0.1, -0.05) is 13.3 Å². The maximum atomic E-state index is 12.2. The number of allylic oxidation sites excluding steroid dienone is 1. The van der Waals surface area contributed by atoms with E-state index in [9.17, 15) is 9.59 Å². The predicted molar refractivity (Wildman–Crippen MR) is 93.4 cm³/mol. The number of amides is 2. The Labute approximate surface area is 140 Å². The molecule has 0 aromatic heterocycles. The zero-order valence-corrected chi connectivity index (χ0v) is 14.3. The summed E-state index contributed by atoms with van der Waals surface area (Å²) >= 11 is 1.50. The predicted octanol–water partition coefficient (Wildman–Crippen LogP) is 3.15. The molecule has 0 fully saturated rings. The van der Waals surface area contributed by atoms with Crippen molar-refractivity contribution in [3.05, 3.63) is 40.5 Å². The molecule has 5 nitrogen and oxygen atoms in total. The Morgan fingerprint density at radius 3 is 2.61 bits per heavy atom. The van der Waals surface area contributed by atoms with Gasteiger partial charge < -0.3 is 15.4 Å². The zero-order chi connectivity index (χ0) is 16.7. The van der Waals surface area contributed by atoms with Crippen LogP contribution in [-0.2, 0) is 9.53 Å². The van der Waals surface area contributed by atoms with Crippen LogP contribution in [0, 0.1) is 0 Å². The van der Waals surface area contributed by atoms with Crippen molar-refractivity contribution < 1.29 is 14.3 Å². The molecule has 0 aliphatic carbocycles. The van der Waals surface area contributed by atoms with Gasteiger partial charge in [0.25, 0.3) is 11.8 Å². The monoisotopic (exact) mass is 334 g/mol. The zero-order valence-electron chi connectivity index (χ0n) is 13.5. The normalized spacial score (nSPS) is 14.2. The molecule has 2 rings (SSSR count). The van der Waals surface area contributed by atoms with E-state index in [0.29, 0.717) is 35.1 Å². The summed E-state index contributed by atoms with van der Waals surface area (Å²) in [5.74, 6) is 1.17. The van der Waals surface area contributed by atoms with Crippen LogP contribution in [0.15, 0.2) is 34.9 Å². The molecule has 0 unspecified atom stereocenters. The third kappa shape index (κ3) is 5.03. The molecule has 1 aliphatic heterocycles. The highest BCUT2D eigenvalue weighted by molar-refractivity contribution is 8.04. The molecule has 0 saturated carbocycles. The fourth-order valence-electron chi connectivity index (χ4n) is 2.10. The summed E-state index contributed by atoms with van der Waals surface area (Å²) in [5, 5.41) is 5.70. The second-order valence-corrected chi connectivity index (χ2v) is 6.33. The minimum Gasteiger partial charge on any atom is -0.496 e. The van der Waals surface area contributed by atoms with Gasteiger partial charge in [0.15, 0.2) is 0 Å². The Morgan fingerprint density at radius 2 is 1.96 bits per heavy atom. The van der Waals surface area contributed by atoms with Gasteiger partial charge in [-0.3, -0.25) is 9.59 Å². The maximum absolute atomic E-state index is 12.2. The number of nitrogens with one attached hydrogen (secondary N) is 2. The summed E-state index contributed by atoms with van der Waals surface area (Å²) in [6.45, 7) is 5.19. The van der Waals surface area contributed by atoms with Crippen molar-refractivity contribution in [3.8, 4) is 0 Å². The third-order valence-corrected chi connectivity index (χ3v) is 4.53. The lowest BCUT2D eigenvalue weighted by Crippen LogP contribution is -2.24. The van der Waals surface area contributed by atoms with Crippen LogP contribution < -0.4 is 10.6 Å². The highest BCUT2D eigenvalue weighted by Gasteiger charge is 2.18. The molecule has 1 aromatic carbocycles. The Kier molecular flexibility index (Phi) is 6.52. The highest BCUT2D eigenvalue weighted by atomic mass is 32.2. The molecular weight excluding hydrogens is 312 g/mol. The van der Waals surface area contributed by atoms with Crippen molar-refractivity contribution in [1.82, 2.24) is 5.32 Å². The number of anilines is 1. The van der Waals surface area contributed by atoms with Crippen LogP contribution in [0.1, 0.15) is 37.0 Å². The average Bonchev–Trinajstić information content (AvgIpc) is 2.56. The van der Waals surface area contributed by atoms with Crippen molar-refractivity contribution in [3.63, 3.8) is 0 Å². The molecule has 0 atom stereocenters. The van der Waals surface area contributed by atoms with E-state index in [1.165, 1.54) is 11.8 Å². The molecule has 2 amide bonds. The molecule has 124 valence electrons. The SMILES string of the molecule is CCCCNC(=O)c1ccc(NC(=O)C2=C(C)OCCS2)cc1. The van der Waals surface area contributed by atoms with Crippen LogP contribution in [-0.4, -0.2) is 30.7 Å². The molecular formula is C17H22N2O3S. The summed E-state index contributed by atoms with van der Waals surface area (Å²) < 4.78 is 5.39. The van der Waals surface area contributed by atoms with Gasteiger partial charge in [0.2, 0.25) is 0 Å². The molecule has 0 saturated heterocycles. The van der Waals surface area contributed by atoms with Gasteiger partial charge in [0, 0.05) is 23.5 Å². The Balaban J connectivity index is 1.94. The van der Waals surface area contributed by atoms with E-state index in [1.54, 1.807) is 31.2 Å². The number of benzene rings is 1. The maximum Gasteiger partial charge on any atom is 0.265 e. The van der Waals surface area contributed by atoms with Crippen LogP contribution in [0.4, 0.5) is 5.69 Å². The van der Waals surface area contributed by atoms with E-state index < -0.39 is 0 Å². The second-order valence-electron chi connectivity index (χ2n) is 5.22. The smallest absolute Gasteiger partial charge is 0.265 e. The first-order valence-electron chi connectivity index (χ1n) is 7.78. The second kappa shape index (κ2) is 8.62. The largest absolute Gasteiger partial charge is 0.496 e. The van der Waals surface area contributed by atoms with Gasteiger partial charge in [-0.15, -0.1) is 11.8 Å². The highest BCUT2D eigenvalue weighted by Crippen LogP contribution is 2.26. The van der Waals surface area contributed by atoms with Crippen molar-refractivity contribution in [1.29, 1.82) is 0 Å². The van der Waals surface area contributed by atoms with Crippen molar-refractivity contribution in [2.45, 2.75) is 26.7 Å². The van der Waals surface area contributed by atoms with Crippen LogP contribution >= 0.6 is 11.8 Å². The van der Waals surface area contributed by atoms with Crippen LogP contribution in [0.25, 0.3) is 0 Å². The summed E-state index contributed by atoms with van der Waals surface area (Å²) in [4.78, 5) is 24.7. The van der Waals surface area contributed by atoms with E-state index in [1.807, 2.05) is 0 Å². The van der Waals surface area contributed by atoms with E-state index in [2.05, 4.69) is 17.6 Å². The van der Waals surface area contributed by atoms with Crippen LogP contribution in [0.3, 0.4) is 0 Å². The summed E-state index contributed by atoms with van der Waals surface area (Å²) in [5.41, 5.74) is 1.25. The lowest BCUT2D eigenvalue weighted by atomic mass is 10.2. The van der Waals surface area contributed by atoms with Gasteiger partial charge in [-0.25, -0.2) is 0 Å². The van der Waals surface area contributed by atoms with Gasteiger partial charge in [0.05, 0.1) is 6.61 Å². The first kappa shape index (κ1) is 17.4. The Morgan fingerprint density at radius 1 is 1.22 bits per heavy atom. The van der Waals surface area contributed by atoms with E-state index in [4.69, 9.17) is 4.74 Å². The topological polar surface area (TPSA) is 67.4 Å². The lowest BCUT2D eigenvalue weighted by Gasteiger charge is -2.17. The molecule has 1 aliphatic rings. The average molecular weight is 334 g/mol. The molecule has 1 heterocycles. The molecule has 23 heavy (non-hydrogen) atoms. The number of hydrogen-bond donors (Lipinski definition) is 2. The lowest BCUT2D eigenvalue weighted by molar-refractivity contribution is -0.112. The van der Waals surface area contributed by atoms with Gasteiger partial charge >= 0.3 is 0 Å². The van der Waals surface area contributed by atoms with Crippen LogP contribution in [0.5, 0.6) is 0 Å². The molecule has 1 aromatic rings. The molecule has 2 N–H and O–H groups in total. The van der Waals surface area contributed by atoms with Crippen molar-refractivity contribution >= 4 is 29.3 Å². The molecule has 0 spiro atoms. The quantitative estimate of drug-likeness (QED) is 0.784. The van der Waals surface area contributed by atoms with Gasteiger partial charge in [0.1, 0.15) is 10.7 Å². The van der Waals surface area contributed by atoms with Gasteiger partial charge in [-0.2, -0.15) is 0 Å². The van der Waals surface area contributed by atoms with Crippen molar-refractivity contribution in [2.75, 3.05) is 24.2 Å². The molecule has 0 bridgehead atoms. The van der Waals surface area contributed by atoms with Crippen LogP contribution in [0.2, 0.25) is 0 Å². The number of carbonyl (C=O) groups excluding carboxylic acids is 2. The number of ether oxygens (including phenoxy) is 1. The molecule has 6 heteroatoms. The summed E-state index contributed by atoms with van der Waals surface area (Å²) in [7, 11) is 0. The Bertz CT molecular complexity index is 596. The number of carbonyl (C=O) groups is 2. The minimum atomic E-state index is -0.174. The Hall–Kier alpha value is -1.95. The first-order chi connectivity index (χ1) is 11.1. The van der Waals surface area contributed by atoms with Crippen molar-refractivity contribution in [2.24, 2.45) is 0 Å². The standard InChI is InChI=1S/C17H22N2O3S/c1-3-4-9-18-16(20)13-5-7-14(8-6-13)19-17(21)15-12(2)22-10-11-23-15/h5-8H,3-4,9-11H2,1-2H3,(H,18,20)(H,19,21). The van der Waals surface area contributed by atoms with E-state index in [0.717, 1.165) is 18.6 Å². The number of unbranched alkanes of at least 4 members (excludes halogenated alkanes) is 1. The fraction of sp³-hybridized carbons (Fsp3) is 0.412. The van der Waals surface area contributed by atoms with E-state index >= 15 is 0 Å². The molecule has 0 radical (unpaired) electrons. The number of thioether (sulfide) groups is 1. The van der Waals surface area contributed by atoms with E-state index in [-0.39, 0.29) is 11.8 Å². The minimum absolute atomic E-state index is 0.0916. The number of rotatable bonds is 6. The summed E-state index contributed by atoms with van der Waals surface area (Å²) in [6, 6.07) is 6.89. The number of hydrogen-bond acceptors (Lipinski definition) is 4. The fourth-order valence-corrected chi connectivity index (χ4v) is 2.92. The summed E-state index contributed by atoms with van der Waals surface area (Å²) in [6.07, 6.45) is 2.01. The van der Waals surface area contributed by atoms with Gasteiger partial charge in [-0.05, 0) is 37.6 Å². The first-order valence-corrected chi connectivity index (χ1v) is 8.76. The third-order valence-electron chi connectivity index (χ3n) is 3.40.